The third kappa shape index (κ3) is 4.04. The minimum absolute atomic E-state index is 0. The van der Waals surface area contributed by atoms with E-state index >= 15 is 0 Å². The summed E-state index contributed by atoms with van der Waals surface area (Å²) in [5, 5.41) is 2.26. The van der Waals surface area contributed by atoms with Crippen LogP contribution < -0.4 is 28.8 Å². The molecule has 1 aromatic heterocycles. The SMILES string of the molecule is [CH3][Ti+2][c]1ccc[nH]1.[Cl-].[Cl-]. The van der Waals surface area contributed by atoms with Crippen LogP contribution in [0.1, 0.15) is 0 Å². The number of halogens is 2. The molecule has 50 valence electrons. The molecule has 1 heterocycles. The number of rotatable bonds is 1. The quantitative estimate of drug-likeness (QED) is 0.436. The third-order valence-corrected chi connectivity index (χ3v) is 2.19. The van der Waals surface area contributed by atoms with Gasteiger partial charge in [0.05, 0.1) is 0 Å². The molecular weight excluding hydrogens is 193 g/mol. The zero-order valence-corrected chi connectivity index (χ0v) is 8.06. The maximum absolute atomic E-state index is 3.14. The van der Waals surface area contributed by atoms with Crippen molar-refractivity contribution in [1.29, 1.82) is 0 Å². The number of hydrogen-bond acceptors (Lipinski definition) is 0. The maximum atomic E-state index is 3.14. The van der Waals surface area contributed by atoms with E-state index in [9.17, 15) is 0 Å². The van der Waals surface area contributed by atoms with Gasteiger partial charge in [0, 0.05) is 0 Å². The third-order valence-electron chi connectivity index (χ3n) is 0.867. The molecule has 0 saturated heterocycles. The Kier molecular flexibility index (Phi) is 9.12. The first kappa shape index (κ1) is 12.3. The van der Waals surface area contributed by atoms with Gasteiger partial charge in [-0.2, -0.15) is 0 Å². The van der Waals surface area contributed by atoms with Crippen molar-refractivity contribution < 1.29 is 44.0 Å². The Bertz CT molecular complexity index is 130. The van der Waals surface area contributed by atoms with E-state index < -0.39 is 0 Å². The second-order valence-electron chi connectivity index (χ2n) is 1.33. The van der Waals surface area contributed by atoms with E-state index in [1.807, 2.05) is 12.3 Å². The summed E-state index contributed by atoms with van der Waals surface area (Å²) in [7, 11) is 0. The monoisotopic (exact) mass is 199 g/mol. The van der Waals surface area contributed by atoms with Gasteiger partial charge in [0.1, 0.15) is 0 Å². The first-order valence-electron chi connectivity index (χ1n) is 2.24. The Morgan fingerprint density at radius 1 is 1.44 bits per heavy atom. The van der Waals surface area contributed by atoms with Crippen molar-refractivity contribution in [1.82, 2.24) is 4.98 Å². The predicted molar refractivity (Wildman–Crippen MR) is 26.3 cm³/mol. The zero-order chi connectivity index (χ0) is 5.11. The summed E-state index contributed by atoms with van der Waals surface area (Å²) in [6, 6.07) is 4.18. The Labute approximate surface area is 76.4 Å². The van der Waals surface area contributed by atoms with Gasteiger partial charge in [-0.15, -0.1) is 0 Å². The Morgan fingerprint density at radius 3 is 2.33 bits per heavy atom. The molecule has 1 rings (SSSR count). The molecule has 0 aromatic carbocycles. The molecule has 0 aliphatic carbocycles. The van der Waals surface area contributed by atoms with Crippen molar-refractivity contribution in [2.75, 3.05) is 0 Å². The van der Waals surface area contributed by atoms with Crippen molar-refractivity contribution >= 4 is 4.00 Å². The molecule has 1 N–H and O–H groups in total. The fraction of sp³-hybridized carbons (Fsp3) is 0.200. The van der Waals surface area contributed by atoms with Gasteiger partial charge in [0.2, 0.25) is 0 Å². The minimum atomic E-state index is 0. The van der Waals surface area contributed by atoms with Crippen LogP contribution in [0.25, 0.3) is 0 Å². The van der Waals surface area contributed by atoms with E-state index in [1.54, 1.807) is 0 Å². The summed E-state index contributed by atoms with van der Waals surface area (Å²) in [6.07, 6.45) is 1.97. The van der Waals surface area contributed by atoms with Crippen LogP contribution >= 0.6 is 0 Å². The number of aromatic nitrogens is 1. The second-order valence-corrected chi connectivity index (χ2v) is 2.96. The molecule has 9 heavy (non-hydrogen) atoms. The molecule has 0 aliphatic heterocycles. The molecule has 0 bridgehead atoms. The van der Waals surface area contributed by atoms with Gasteiger partial charge >= 0.3 is 51.7 Å². The first-order chi connectivity index (χ1) is 3.43. The summed E-state index contributed by atoms with van der Waals surface area (Å²) in [4.78, 5) is 3.14. The van der Waals surface area contributed by atoms with E-state index in [1.165, 1.54) is 4.00 Å². The van der Waals surface area contributed by atoms with Crippen LogP contribution in [0, 0.1) is 0 Å². The van der Waals surface area contributed by atoms with Gasteiger partial charge in [0.15, 0.2) is 0 Å². The molecule has 4 heteroatoms. The predicted octanol–water partition coefficient (Wildman–Crippen LogP) is -5.22. The molecule has 0 saturated carbocycles. The van der Waals surface area contributed by atoms with Gasteiger partial charge in [-0.1, -0.05) is 0 Å². The summed E-state index contributed by atoms with van der Waals surface area (Å²) < 4.78 is 1.43. The van der Waals surface area contributed by atoms with Crippen LogP contribution in [0.2, 0.25) is 5.23 Å². The summed E-state index contributed by atoms with van der Waals surface area (Å²) in [5.74, 6) is 0. The van der Waals surface area contributed by atoms with Crippen LogP contribution in [0.3, 0.4) is 0 Å². The number of nitrogens with one attached hydrogen (secondary N) is 1. The van der Waals surface area contributed by atoms with Crippen molar-refractivity contribution in [2.45, 2.75) is 5.23 Å². The molecule has 0 unspecified atom stereocenters. The molecule has 0 aliphatic rings. The molecular formula is C5H7Cl2NTi. The minimum Gasteiger partial charge on any atom is -1.00 e. The summed E-state index contributed by atoms with van der Waals surface area (Å²) in [6.45, 7) is 0. The number of aromatic amines is 1. The van der Waals surface area contributed by atoms with Crippen LogP contribution in [-0.4, -0.2) is 4.98 Å². The average molecular weight is 200 g/mol. The smallest absolute Gasteiger partial charge is 1.00 e. The Morgan fingerprint density at radius 2 is 2.11 bits per heavy atom. The van der Waals surface area contributed by atoms with Crippen molar-refractivity contribution in [3.8, 4) is 0 Å². The van der Waals surface area contributed by atoms with E-state index in [0.29, 0.717) is 0 Å². The zero-order valence-electron chi connectivity index (χ0n) is 4.99. The van der Waals surface area contributed by atoms with Crippen molar-refractivity contribution in [2.24, 2.45) is 0 Å². The largest absolute Gasteiger partial charge is 1.00 e. The standard InChI is InChI=1S/C4H4N.CH3.2ClH.Ti/c1-2-4-5-3-1;;;;/h1-3,5H;1H3;2*1H;/q;;;;+2/p-2. The van der Waals surface area contributed by atoms with Gasteiger partial charge in [0.25, 0.3) is 0 Å². The molecule has 0 atom stereocenters. The maximum Gasteiger partial charge on any atom is -1.00 e. The molecule has 0 amide bonds. The number of hydrogen-bond donors (Lipinski definition) is 1. The van der Waals surface area contributed by atoms with Gasteiger partial charge in [-0.3, -0.25) is 0 Å². The van der Waals surface area contributed by atoms with Crippen molar-refractivity contribution in [3.63, 3.8) is 0 Å². The second kappa shape index (κ2) is 6.69. The molecule has 0 fully saturated rings. The van der Waals surface area contributed by atoms with Crippen LogP contribution in [0.4, 0.5) is 0 Å². The van der Waals surface area contributed by atoms with E-state index in [2.05, 4.69) is 16.3 Å². The number of H-pyrrole nitrogens is 1. The van der Waals surface area contributed by atoms with Crippen LogP contribution in [0.15, 0.2) is 18.3 Å². The average Bonchev–Trinajstić information content (AvgIpc) is 2.14. The molecule has 1 aromatic rings. The molecule has 1 nitrogen and oxygen atoms in total. The summed E-state index contributed by atoms with van der Waals surface area (Å²) in [5.41, 5.74) is 0. The normalized spacial score (nSPS) is 6.33. The van der Waals surface area contributed by atoms with Crippen LogP contribution in [-0.2, 0) is 19.2 Å². The Hall–Kier alpha value is 0.574. The van der Waals surface area contributed by atoms with E-state index in [-0.39, 0.29) is 44.0 Å². The molecule has 0 radical (unpaired) electrons. The fourth-order valence-corrected chi connectivity index (χ4v) is 1.25. The molecule has 0 spiro atoms. The van der Waals surface area contributed by atoms with E-state index in [4.69, 9.17) is 0 Å². The first-order valence-corrected chi connectivity index (χ1v) is 4.59. The topological polar surface area (TPSA) is 15.8 Å². The van der Waals surface area contributed by atoms with Gasteiger partial charge in [-0.05, 0) is 0 Å². The van der Waals surface area contributed by atoms with Crippen molar-refractivity contribution in [3.05, 3.63) is 18.3 Å². The van der Waals surface area contributed by atoms with Crippen LogP contribution in [0.5, 0.6) is 0 Å². The Balaban J connectivity index is 0. The summed E-state index contributed by atoms with van der Waals surface area (Å²) >= 11 is 0.181. The van der Waals surface area contributed by atoms with Gasteiger partial charge in [-0.25, -0.2) is 0 Å². The van der Waals surface area contributed by atoms with E-state index in [0.717, 1.165) is 0 Å². The fourth-order valence-electron chi connectivity index (χ4n) is 0.486. The van der Waals surface area contributed by atoms with Gasteiger partial charge < -0.3 is 24.8 Å².